The van der Waals surface area contributed by atoms with Gasteiger partial charge in [-0.15, -0.1) is 0 Å². The van der Waals surface area contributed by atoms with E-state index in [1.807, 2.05) is 6.07 Å². The number of hydrogen-bond acceptors (Lipinski definition) is 1. The van der Waals surface area contributed by atoms with Gasteiger partial charge in [0.05, 0.1) is 11.6 Å². The first-order chi connectivity index (χ1) is 8.19. The monoisotopic (exact) mass is 358 g/mol. The lowest BCUT2D eigenvalue weighted by Gasteiger charge is -2.20. The molecule has 2 fully saturated rings. The van der Waals surface area contributed by atoms with Crippen LogP contribution in [-0.2, 0) is 0 Å². The lowest BCUT2D eigenvalue weighted by molar-refractivity contribution is 0.411. The minimum Gasteiger partial charge on any atom is -0.496 e. The Hall–Kier alpha value is -0.0200. The van der Waals surface area contributed by atoms with E-state index in [0.717, 1.165) is 28.0 Å². The van der Waals surface area contributed by atoms with Crippen LogP contribution in [-0.4, -0.2) is 7.11 Å². The number of methoxy groups -OCH3 is 1. The van der Waals surface area contributed by atoms with Gasteiger partial charge in [-0.05, 0) is 70.6 Å². The Morgan fingerprint density at radius 1 is 1.24 bits per heavy atom. The molecule has 0 amide bonds. The minimum absolute atomic E-state index is 0.498. The highest BCUT2D eigenvalue weighted by molar-refractivity contribution is 9.10. The van der Waals surface area contributed by atoms with E-state index in [4.69, 9.17) is 4.74 Å². The van der Waals surface area contributed by atoms with E-state index in [9.17, 15) is 0 Å². The molecule has 2 aliphatic rings. The van der Waals surface area contributed by atoms with E-state index in [-0.39, 0.29) is 0 Å². The maximum Gasteiger partial charge on any atom is 0.133 e. The molecule has 3 atom stereocenters. The zero-order valence-electron chi connectivity index (χ0n) is 9.83. The number of alkyl halides is 1. The smallest absolute Gasteiger partial charge is 0.133 e. The zero-order valence-corrected chi connectivity index (χ0v) is 13.0. The van der Waals surface area contributed by atoms with Gasteiger partial charge in [0.25, 0.3) is 0 Å². The van der Waals surface area contributed by atoms with Crippen molar-refractivity contribution in [3.05, 3.63) is 28.2 Å². The third-order valence-corrected chi connectivity index (χ3v) is 6.08. The van der Waals surface area contributed by atoms with Crippen LogP contribution < -0.4 is 4.74 Å². The van der Waals surface area contributed by atoms with E-state index < -0.39 is 0 Å². The van der Waals surface area contributed by atoms with E-state index >= 15 is 0 Å². The highest BCUT2D eigenvalue weighted by Gasteiger charge is 2.47. The van der Waals surface area contributed by atoms with Gasteiger partial charge in [-0.2, -0.15) is 0 Å². The quantitative estimate of drug-likeness (QED) is 0.694. The SMILES string of the molecule is COc1ccc(C(Br)C2CC3CC3C2)cc1Br. The number of benzene rings is 1. The van der Waals surface area contributed by atoms with E-state index in [1.54, 1.807) is 7.11 Å². The molecule has 2 saturated carbocycles. The molecular formula is C14H16Br2O. The van der Waals surface area contributed by atoms with Gasteiger partial charge in [0.1, 0.15) is 5.75 Å². The number of ether oxygens (including phenoxy) is 1. The molecule has 1 aromatic rings. The van der Waals surface area contributed by atoms with E-state index in [1.165, 1.54) is 24.8 Å². The molecule has 1 nitrogen and oxygen atoms in total. The first-order valence-corrected chi connectivity index (χ1v) is 7.87. The number of fused-ring (bicyclic) bond motifs is 1. The molecule has 0 bridgehead atoms. The summed E-state index contributed by atoms with van der Waals surface area (Å²) in [4.78, 5) is 0.498. The fourth-order valence-electron chi connectivity index (χ4n) is 3.13. The third-order valence-electron chi connectivity index (χ3n) is 4.19. The average molecular weight is 360 g/mol. The fourth-order valence-corrected chi connectivity index (χ4v) is 4.40. The van der Waals surface area contributed by atoms with Crippen molar-refractivity contribution < 1.29 is 4.74 Å². The molecule has 3 rings (SSSR count). The Kier molecular flexibility index (Phi) is 3.24. The first kappa shape index (κ1) is 12.0. The van der Waals surface area contributed by atoms with Gasteiger partial charge in [0.15, 0.2) is 0 Å². The van der Waals surface area contributed by atoms with Gasteiger partial charge in [0, 0.05) is 4.83 Å². The molecule has 3 heteroatoms. The summed E-state index contributed by atoms with van der Waals surface area (Å²) in [6.45, 7) is 0. The van der Waals surface area contributed by atoms with Crippen LogP contribution in [0.4, 0.5) is 0 Å². The molecule has 0 aliphatic heterocycles. The molecule has 92 valence electrons. The Morgan fingerprint density at radius 2 is 1.94 bits per heavy atom. The van der Waals surface area contributed by atoms with Crippen LogP contribution in [0.1, 0.15) is 29.7 Å². The van der Waals surface area contributed by atoms with Crippen molar-refractivity contribution in [3.8, 4) is 5.75 Å². The minimum atomic E-state index is 0.498. The molecule has 17 heavy (non-hydrogen) atoms. The Balaban J connectivity index is 1.76. The Bertz CT molecular complexity index is 422. The van der Waals surface area contributed by atoms with Gasteiger partial charge in [-0.25, -0.2) is 0 Å². The first-order valence-electron chi connectivity index (χ1n) is 6.16. The summed E-state index contributed by atoms with van der Waals surface area (Å²) in [5, 5.41) is 0. The number of rotatable bonds is 3. The average Bonchev–Trinajstić information content (AvgIpc) is 2.95. The van der Waals surface area contributed by atoms with Gasteiger partial charge in [-0.1, -0.05) is 22.0 Å². The molecule has 0 N–H and O–H groups in total. The van der Waals surface area contributed by atoms with Gasteiger partial charge >= 0.3 is 0 Å². The van der Waals surface area contributed by atoms with Crippen LogP contribution in [0.5, 0.6) is 5.75 Å². The van der Waals surface area contributed by atoms with Crippen molar-refractivity contribution in [1.29, 1.82) is 0 Å². The van der Waals surface area contributed by atoms with Crippen molar-refractivity contribution in [2.75, 3.05) is 7.11 Å². The zero-order chi connectivity index (χ0) is 12.0. The summed E-state index contributed by atoms with van der Waals surface area (Å²) in [6.07, 6.45) is 4.30. The van der Waals surface area contributed by atoms with Crippen LogP contribution in [0.15, 0.2) is 22.7 Å². The second-order valence-corrected chi connectivity index (χ2v) is 7.12. The summed E-state index contributed by atoms with van der Waals surface area (Å²) in [7, 11) is 1.70. The van der Waals surface area contributed by atoms with Crippen molar-refractivity contribution in [2.24, 2.45) is 17.8 Å². The molecule has 0 spiro atoms. The normalized spacial score (nSPS) is 32.1. The molecule has 0 heterocycles. The molecule has 3 unspecified atom stereocenters. The second kappa shape index (κ2) is 4.58. The fraction of sp³-hybridized carbons (Fsp3) is 0.571. The van der Waals surface area contributed by atoms with Crippen LogP contribution in [0.25, 0.3) is 0 Å². The molecular weight excluding hydrogens is 344 g/mol. The molecule has 2 aliphatic carbocycles. The van der Waals surface area contributed by atoms with E-state index in [2.05, 4.69) is 44.0 Å². The summed E-state index contributed by atoms with van der Waals surface area (Å²) < 4.78 is 6.31. The summed E-state index contributed by atoms with van der Waals surface area (Å²) >= 11 is 7.44. The van der Waals surface area contributed by atoms with Gasteiger partial charge < -0.3 is 4.74 Å². The maximum absolute atomic E-state index is 5.27. The molecule has 0 radical (unpaired) electrons. The summed E-state index contributed by atoms with van der Waals surface area (Å²) in [5.74, 6) is 3.81. The van der Waals surface area contributed by atoms with Crippen LogP contribution in [0, 0.1) is 17.8 Å². The van der Waals surface area contributed by atoms with E-state index in [0.29, 0.717) is 4.83 Å². The largest absolute Gasteiger partial charge is 0.496 e. The Morgan fingerprint density at radius 3 is 2.53 bits per heavy atom. The summed E-state index contributed by atoms with van der Waals surface area (Å²) in [5.41, 5.74) is 1.36. The predicted octanol–water partition coefficient (Wildman–Crippen LogP) is 4.94. The number of halogens is 2. The molecule has 0 aromatic heterocycles. The predicted molar refractivity (Wildman–Crippen MR) is 76.7 cm³/mol. The Labute approximate surface area is 119 Å². The van der Waals surface area contributed by atoms with Gasteiger partial charge in [-0.3, -0.25) is 0 Å². The molecule has 0 saturated heterocycles. The second-order valence-electron chi connectivity index (χ2n) is 5.28. The topological polar surface area (TPSA) is 9.23 Å². The lowest BCUT2D eigenvalue weighted by atomic mass is 9.94. The highest BCUT2D eigenvalue weighted by Crippen LogP contribution is 2.58. The lowest BCUT2D eigenvalue weighted by Crippen LogP contribution is -2.05. The van der Waals surface area contributed by atoms with Crippen LogP contribution in [0.2, 0.25) is 0 Å². The van der Waals surface area contributed by atoms with Crippen LogP contribution >= 0.6 is 31.9 Å². The van der Waals surface area contributed by atoms with Crippen molar-refractivity contribution in [1.82, 2.24) is 0 Å². The maximum atomic E-state index is 5.27. The van der Waals surface area contributed by atoms with Crippen molar-refractivity contribution >= 4 is 31.9 Å². The molecule has 1 aromatic carbocycles. The van der Waals surface area contributed by atoms with Crippen molar-refractivity contribution in [2.45, 2.75) is 24.1 Å². The third kappa shape index (κ3) is 2.28. The van der Waals surface area contributed by atoms with Gasteiger partial charge in [0.2, 0.25) is 0 Å². The highest BCUT2D eigenvalue weighted by atomic mass is 79.9. The standard InChI is InChI=1S/C14H16Br2O/c1-17-13-3-2-8(7-12(13)15)14(16)11-5-9-4-10(9)6-11/h2-3,7,9-11,14H,4-6H2,1H3. The van der Waals surface area contributed by atoms with Crippen LogP contribution in [0.3, 0.4) is 0 Å². The van der Waals surface area contributed by atoms with Crippen molar-refractivity contribution in [3.63, 3.8) is 0 Å². The number of hydrogen-bond donors (Lipinski definition) is 0. The summed E-state index contributed by atoms with van der Waals surface area (Å²) in [6, 6.07) is 6.40.